The average molecular weight is 399 g/mol. The van der Waals surface area contributed by atoms with Gasteiger partial charge in [-0.1, -0.05) is 60.6 Å². The first kappa shape index (κ1) is 18.1. The highest BCUT2D eigenvalue weighted by Gasteiger charge is 2.40. The minimum absolute atomic E-state index is 0.148. The molecule has 0 unspecified atom stereocenters. The summed E-state index contributed by atoms with van der Waals surface area (Å²) >= 11 is 7.42. The van der Waals surface area contributed by atoms with Crippen LogP contribution in [0.5, 0.6) is 0 Å². The number of thioether (sulfide) groups is 1. The number of benzene rings is 2. The van der Waals surface area contributed by atoms with E-state index in [4.69, 9.17) is 21.7 Å². The van der Waals surface area contributed by atoms with Gasteiger partial charge in [0.05, 0.1) is 5.36 Å². The molecule has 5 nitrogen and oxygen atoms in total. The monoisotopic (exact) mass is 398 g/mol. The van der Waals surface area contributed by atoms with Crippen LogP contribution in [-0.4, -0.2) is 21.7 Å². The summed E-state index contributed by atoms with van der Waals surface area (Å²) in [5.74, 6) is 0.543. The van der Waals surface area contributed by atoms with E-state index in [2.05, 4.69) is 12.2 Å². The first-order valence-electron chi connectivity index (χ1n) is 8.77. The standard InChI is InChI=1S/C20H19ClN4OS/c1-3-20(2)23-16-7-5-4-6-15(16)17-18(26)22-19(24-25(17)20)27-12-13-8-10-14(21)11-9-13/h4-11H,3,12H2,1-2H3,(H,22,24,26)/t20-/m0/s1. The lowest BCUT2D eigenvalue weighted by atomic mass is 10.0. The predicted molar refractivity (Wildman–Crippen MR) is 109 cm³/mol. The van der Waals surface area contributed by atoms with E-state index in [0.29, 0.717) is 21.6 Å². The molecule has 0 saturated heterocycles. The molecule has 2 aliphatic rings. The van der Waals surface area contributed by atoms with Gasteiger partial charge in [0, 0.05) is 16.0 Å². The Morgan fingerprint density at radius 2 is 1.93 bits per heavy atom. The molecule has 2 aromatic carbocycles. The number of amidine groups is 1. The van der Waals surface area contributed by atoms with E-state index in [-0.39, 0.29) is 5.91 Å². The van der Waals surface area contributed by atoms with Crippen molar-refractivity contribution in [3.8, 4) is 0 Å². The highest BCUT2D eigenvalue weighted by Crippen LogP contribution is 2.30. The number of hydrazone groups is 1. The Bertz CT molecular complexity index is 1050. The number of hydrogen-bond donors (Lipinski definition) is 1. The zero-order chi connectivity index (χ0) is 19.0. The number of rotatable bonds is 3. The van der Waals surface area contributed by atoms with Crippen LogP contribution in [0.2, 0.25) is 5.02 Å². The molecule has 0 bridgehead atoms. The second-order valence-corrected chi connectivity index (χ2v) is 8.03. The summed E-state index contributed by atoms with van der Waals surface area (Å²) in [6.45, 7) is 4.06. The largest absolute Gasteiger partial charge is 0.298 e. The highest BCUT2D eigenvalue weighted by molar-refractivity contribution is 8.13. The van der Waals surface area contributed by atoms with Crippen LogP contribution >= 0.6 is 23.4 Å². The Labute approximate surface area is 166 Å². The number of nitrogens with one attached hydrogen (secondary N) is 1. The minimum Gasteiger partial charge on any atom is -0.298 e. The summed E-state index contributed by atoms with van der Waals surface area (Å²) in [5.41, 5.74) is 1.08. The quantitative estimate of drug-likeness (QED) is 0.864. The number of carbonyl (C=O) groups excluding carboxylic acids is 1. The van der Waals surface area contributed by atoms with E-state index in [1.807, 2.05) is 55.5 Å². The molecule has 1 atom stereocenters. The SMILES string of the molecule is CC[C@@]1(C)N=c2ccccc2=C2C(=O)NC(SCc3ccc(Cl)cc3)=NN21. The van der Waals surface area contributed by atoms with E-state index in [0.717, 1.165) is 22.6 Å². The van der Waals surface area contributed by atoms with Crippen LogP contribution in [0.1, 0.15) is 25.8 Å². The second-order valence-electron chi connectivity index (χ2n) is 6.63. The van der Waals surface area contributed by atoms with Gasteiger partial charge in [-0.2, -0.15) is 0 Å². The molecule has 2 heterocycles. The molecule has 138 valence electrons. The summed E-state index contributed by atoms with van der Waals surface area (Å²) in [7, 11) is 0. The molecular weight excluding hydrogens is 380 g/mol. The summed E-state index contributed by atoms with van der Waals surface area (Å²) in [5, 5.41) is 12.4. The van der Waals surface area contributed by atoms with Gasteiger partial charge in [-0.15, -0.1) is 5.10 Å². The lowest BCUT2D eigenvalue weighted by molar-refractivity contribution is -0.116. The van der Waals surface area contributed by atoms with Crippen molar-refractivity contribution in [3.63, 3.8) is 0 Å². The number of fused-ring (bicyclic) bond motifs is 2. The molecule has 0 radical (unpaired) electrons. The average Bonchev–Trinajstić information content (AvgIpc) is 2.67. The van der Waals surface area contributed by atoms with Crippen molar-refractivity contribution in [2.45, 2.75) is 31.7 Å². The number of carbonyl (C=O) groups is 1. The van der Waals surface area contributed by atoms with Gasteiger partial charge in [-0.25, -0.2) is 5.01 Å². The minimum atomic E-state index is -0.590. The van der Waals surface area contributed by atoms with Gasteiger partial charge in [0.15, 0.2) is 10.8 Å². The molecule has 0 spiro atoms. The third-order valence-corrected chi connectivity index (χ3v) is 5.96. The van der Waals surface area contributed by atoms with Gasteiger partial charge in [-0.3, -0.25) is 15.1 Å². The van der Waals surface area contributed by atoms with Crippen LogP contribution in [0.3, 0.4) is 0 Å². The van der Waals surface area contributed by atoms with Crippen molar-refractivity contribution < 1.29 is 4.79 Å². The van der Waals surface area contributed by atoms with Crippen molar-refractivity contribution in [2.75, 3.05) is 0 Å². The molecule has 2 aromatic rings. The Morgan fingerprint density at radius 3 is 2.67 bits per heavy atom. The van der Waals surface area contributed by atoms with Gasteiger partial charge in [0.25, 0.3) is 5.91 Å². The smallest absolute Gasteiger partial charge is 0.276 e. The molecule has 0 aromatic heterocycles. The maximum atomic E-state index is 12.9. The van der Waals surface area contributed by atoms with E-state index in [9.17, 15) is 4.79 Å². The lowest BCUT2D eigenvalue weighted by Crippen LogP contribution is -2.57. The molecule has 0 fully saturated rings. The third kappa shape index (κ3) is 3.35. The Hall–Kier alpha value is -2.31. The molecule has 1 amide bonds. The van der Waals surface area contributed by atoms with Gasteiger partial charge < -0.3 is 0 Å². The maximum Gasteiger partial charge on any atom is 0.276 e. The first-order valence-corrected chi connectivity index (χ1v) is 10.1. The molecular formula is C20H19ClN4OS. The highest BCUT2D eigenvalue weighted by atomic mass is 35.5. The van der Waals surface area contributed by atoms with Crippen molar-refractivity contribution in [2.24, 2.45) is 10.1 Å². The maximum absolute atomic E-state index is 12.9. The molecule has 7 heteroatoms. The lowest BCUT2D eigenvalue weighted by Gasteiger charge is -2.40. The number of halogens is 1. The number of hydrogen-bond acceptors (Lipinski definition) is 5. The zero-order valence-corrected chi connectivity index (χ0v) is 16.6. The predicted octanol–water partition coefficient (Wildman–Crippen LogP) is 2.84. The van der Waals surface area contributed by atoms with Crippen LogP contribution in [0.4, 0.5) is 0 Å². The normalized spacial score (nSPS) is 21.0. The van der Waals surface area contributed by atoms with Crippen molar-refractivity contribution in [1.29, 1.82) is 0 Å². The van der Waals surface area contributed by atoms with Crippen LogP contribution in [0, 0.1) is 0 Å². The van der Waals surface area contributed by atoms with E-state index < -0.39 is 5.66 Å². The van der Waals surface area contributed by atoms with Crippen LogP contribution < -0.4 is 15.9 Å². The van der Waals surface area contributed by atoms with Crippen molar-refractivity contribution in [3.05, 3.63) is 69.7 Å². The van der Waals surface area contributed by atoms with Crippen molar-refractivity contribution >= 4 is 40.1 Å². The van der Waals surface area contributed by atoms with Crippen LogP contribution in [0.25, 0.3) is 5.70 Å². The second kappa shape index (κ2) is 7.02. The molecule has 27 heavy (non-hydrogen) atoms. The van der Waals surface area contributed by atoms with E-state index >= 15 is 0 Å². The van der Waals surface area contributed by atoms with Gasteiger partial charge >= 0.3 is 0 Å². The summed E-state index contributed by atoms with van der Waals surface area (Å²) in [6.07, 6.45) is 0.733. The van der Waals surface area contributed by atoms with Crippen molar-refractivity contribution in [1.82, 2.24) is 10.3 Å². The fourth-order valence-electron chi connectivity index (χ4n) is 3.11. The summed E-state index contributed by atoms with van der Waals surface area (Å²) in [4.78, 5) is 17.8. The number of para-hydroxylation sites is 1. The van der Waals surface area contributed by atoms with E-state index in [1.165, 1.54) is 11.8 Å². The summed E-state index contributed by atoms with van der Waals surface area (Å²) < 4.78 is 0. The molecule has 0 aliphatic carbocycles. The number of nitrogens with zero attached hydrogens (tertiary/aromatic N) is 3. The van der Waals surface area contributed by atoms with Gasteiger partial charge in [0.1, 0.15) is 5.70 Å². The molecule has 2 aliphatic heterocycles. The third-order valence-electron chi connectivity index (χ3n) is 4.77. The summed E-state index contributed by atoms with van der Waals surface area (Å²) in [6, 6.07) is 15.4. The Kier molecular flexibility index (Phi) is 4.70. The van der Waals surface area contributed by atoms with Crippen LogP contribution in [-0.2, 0) is 10.5 Å². The molecule has 1 N–H and O–H groups in total. The fourth-order valence-corrected chi connectivity index (χ4v) is 4.03. The topological polar surface area (TPSA) is 57.1 Å². The van der Waals surface area contributed by atoms with E-state index in [1.54, 1.807) is 5.01 Å². The van der Waals surface area contributed by atoms with Crippen LogP contribution in [0.15, 0.2) is 58.6 Å². The molecule has 4 rings (SSSR count). The Balaban J connectivity index is 1.70. The number of amides is 1. The van der Waals surface area contributed by atoms with Gasteiger partial charge in [0.2, 0.25) is 0 Å². The molecule has 0 saturated carbocycles. The fraction of sp³-hybridized carbons (Fsp3) is 0.250. The Morgan fingerprint density at radius 1 is 1.19 bits per heavy atom. The zero-order valence-electron chi connectivity index (χ0n) is 15.1. The first-order chi connectivity index (χ1) is 13.0. The van der Waals surface area contributed by atoms with Gasteiger partial charge in [-0.05, 0) is 37.1 Å².